The summed E-state index contributed by atoms with van der Waals surface area (Å²) in [6.07, 6.45) is 2.09. The average molecular weight is 317 g/mol. The number of anilines is 1. The number of hydrogen-bond donors (Lipinski definition) is 2. The molecule has 0 bridgehead atoms. The lowest BCUT2D eigenvalue weighted by atomic mass is 10.3. The van der Waals surface area contributed by atoms with Crippen LogP contribution in [0.3, 0.4) is 0 Å². The van der Waals surface area contributed by atoms with Gasteiger partial charge in [0.25, 0.3) is 0 Å². The Hall–Kier alpha value is -2.00. The molecular formula is C12H13F2N3O3S. The lowest BCUT2D eigenvalue weighted by molar-refractivity contribution is 0.451. The highest BCUT2D eigenvalue weighted by Crippen LogP contribution is 2.22. The minimum absolute atomic E-state index is 0.144. The van der Waals surface area contributed by atoms with Crippen LogP contribution in [0.5, 0.6) is 0 Å². The van der Waals surface area contributed by atoms with Crippen molar-refractivity contribution in [2.24, 2.45) is 0 Å². The molecule has 0 aliphatic heterocycles. The molecule has 0 aliphatic rings. The van der Waals surface area contributed by atoms with E-state index < -0.39 is 32.2 Å². The molecule has 0 aliphatic carbocycles. The van der Waals surface area contributed by atoms with Crippen LogP contribution in [0.1, 0.15) is 18.6 Å². The van der Waals surface area contributed by atoms with Crippen LogP contribution < -0.4 is 10.5 Å². The van der Waals surface area contributed by atoms with Gasteiger partial charge in [-0.25, -0.2) is 26.9 Å². The first kappa shape index (κ1) is 15.4. The Labute approximate surface area is 120 Å². The number of nitrogens with zero attached hydrogens (tertiary/aromatic N) is 1. The van der Waals surface area contributed by atoms with Crippen molar-refractivity contribution in [3.63, 3.8) is 0 Å². The SMILES string of the molecule is CCc1cnc(CNS(=O)(=O)c2ccc(F)c(N)c2F)o1. The van der Waals surface area contributed by atoms with E-state index in [1.54, 1.807) is 0 Å². The predicted octanol–water partition coefficient (Wildman–Crippen LogP) is 1.58. The molecule has 0 atom stereocenters. The van der Waals surface area contributed by atoms with Gasteiger partial charge in [0, 0.05) is 6.42 Å². The maximum absolute atomic E-state index is 13.7. The normalized spacial score (nSPS) is 11.8. The number of aryl methyl sites for hydroxylation is 1. The molecule has 0 fully saturated rings. The topological polar surface area (TPSA) is 98.2 Å². The number of oxazole rings is 1. The van der Waals surface area contributed by atoms with Crippen LogP contribution in [0, 0.1) is 11.6 Å². The molecule has 1 heterocycles. The summed E-state index contributed by atoms with van der Waals surface area (Å²) in [5.74, 6) is -1.61. The average Bonchev–Trinajstić information content (AvgIpc) is 2.90. The fourth-order valence-electron chi connectivity index (χ4n) is 1.58. The van der Waals surface area contributed by atoms with Gasteiger partial charge in [0.2, 0.25) is 15.9 Å². The Balaban J connectivity index is 2.21. The Morgan fingerprint density at radius 1 is 1.38 bits per heavy atom. The molecule has 2 aromatic rings. The third kappa shape index (κ3) is 3.19. The van der Waals surface area contributed by atoms with E-state index in [9.17, 15) is 17.2 Å². The first-order chi connectivity index (χ1) is 9.85. The van der Waals surface area contributed by atoms with E-state index in [4.69, 9.17) is 10.2 Å². The van der Waals surface area contributed by atoms with Crippen molar-refractivity contribution in [2.75, 3.05) is 5.73 Å². The van der Waals surface area contributed by atoms with Gasteiger partial charge < -0.3 is 10.2 Å². The minimum atomic E-state index is -4.20. The Morgan fingerprint density at radius 3 is 2.71 bits per heavy atom. The van der Waals surface area contributed by atoms with Crippen LogP contribution in [0.25, 0.3) is 0 Å². The van der Waals surface area contributed by atoms with Crippen molar-refractivity contribution >= 4 is 15.7 Å². The van der Waals surface area contributed by atoms with E-state index in [-0.39, 0.29) is 12.4 Å². The molecule has 0 saturated carbocycles. The number of rotatable bonds is 5. The summed E-state index contributed by atoms with van der Waals surface area (Å²) in [7, 11) is -4.20. The third-order valence-electron chi connectivity index (χ3n) is 2.74. The van der Waals surface area contributed by atoms with Gasteiger partial charge in [0.15, 0.2) is 5.82 Å². The van der Waals surface area contributed by atoms with Gasteiger partial charge >= 0.3 is 0 Å². The molecule has 3 N–H and O–H groups in total. The molecule has 0 unspecified atom stereocenters. The molecule has 114 valence electrons. The van der Waals surface area contributed by atoms with Crippen molar-refractivity contribution in [2.45, 2.75) is 24.8 Å². The number of nitrogen functional groups attached to an aromatic ring is 1. The molecular weight excluding hydrogens is 304 g/mol. The van der Waals surface area contributed by atoms with Gasteiger partial charge in [0.05, 0.1) is 12.7 Å². The maximum atomic E-state index is 13.7. The zero-order valence-corrected chi connectivity index (χ0v) is 11.9. The number of halogens is 2. The summed E-state index contributed by atoms with van der Waals surface area (Å²) in [6, 6.07) is 1.59. The van der Waals surface area contributed by atoms with Gasteiger partial charge in [-0.2, -0.15) is 0 Å². The lowest BCUT2D eigenvalue weighted by Gasteiger charge is -2.08. The lowest BCUT2D eigenvalue weighted by Crippen LogP contribution is -2.24. The Bertz CT molecular complexity index is 759. The highest BCUT2D eigenvalue weighted by atomic mass is 32.2. The molecule has 21 heavy (non-hydrogen) atoms. The Kier molecular flexibility index (Phi) is 4.24. The quantitative estimate of drug-likeness (QED) is 0.816. The predicted molar refractivity (Wildman–Crippen MR) is 70.7 cm³/mol. The Morgan fingerprint density at radius 2 is 2.10 bits per heavy atom. The van der Waals surface area contributed by atoms with Crippen molar-refractivity contribution in [1.82, 2.24) is 9.71 Å². The smallest absolute Gasteiger partial charge is 0.244 e. The molecule has 2 rings (SSSR count). The van der Waals surface area contributed by atoms with E-state index in [1.165, 1.54) is 6.20 Å². The highest BCUT2D eigenvalue weighted by Gasteiger charge is 2.23. The number of aromatic nitrogens is 1. The van der Waals surface area contributed by atoms with Crippen LogP contribution in [0.4, 0.5) is 14.5 Å². The standard InChI is InChI=1S/C12H13F2N3O3S/c1-2-7-5-16-10(20-7)6-17-21(18,19)9-4-3-8(13)12(15)11(9)14/h3-5,17H,2,6,15H2,1H3. The zero-order valence-electron chi connectivity index (χ0n) is 11.1. The van der Waals surface area contributed by atoms with Crippen molar-refractivity contribution < 1.29 is 21.6 Å². The first-order valence-corrected chi connectivity index (χ1v) is 7.50. The monoisotopic (exact) mass is 317 g/mol. The summed E-state index contributed by atoms with van der Waals surface area (Å²) in [4.78, 5) is 3.13. The molecule has 0 amide bonds. The number of nitrogens with two attached hydrogens (primary N) is 1. The molecule has 0 radical (unpaired) electrons. The second kappa shape index (κ2) is 5.78. The molecule has 1 aromatic heterocycles. The number of nitrogens with one attached hydrogen (secondary N) is 1. The van der Waals surface area contributed by atoms with Gasteiger partial charge in [-0.15, -0.1) is 0 Å². The van der Waals surface area contributed by atoms with Crippen LogP contribution in [-0.2, 0) is 23.0 Å². The molecule has 9 heteroatoms. The molecule has 0 spiro atoms. The van der Waals surface area contributed by atoms with Gasteiger partial charge in [-0.3, -0.25) is 0 Å². The molecule has 6 nitrogen and oxygen atoms in total. The van der Waals surface area contributed by atoms with E-state index >= 15 is 0 Å². The van der Waals surface area contributed by atoms with Gasteiger partial charge in [0.1, 0.15) is 22.2 Å². The van der Waals surface area contributed by atoms with Crippen LogP contribution in [0.15, 0.2) is 27.6 Å². The third-order valence-corrected chi connectivity index (χ3v) is 4.16. The second-order valence-electron chi connectivity index (χ2n) is 4.17. The number of sulfonamides is 1. The van der Waals surface area contributed by atoms with E-state index in [0.29, 0.717) is 12.2 Å². The fraction of sp³-hybridized carbons (Fsp3) is 0.250. The van der Waals surface area contributed by atoms with Gasteiger partial charge in [-0.05, 0) is 12.1 Å². The van der Waals surface area contributed by atoms with E-state index in [0.717, 1.165) is 12.1 Å². The van der Waals surface area contributed by atoms with Crippen molar-refractivity contribution in [3.05, 3.63) is 41.6 Å². The van der Waals surface area contributed by atoms with Gasteiger partial charge in [-0.1, -0.05) is 6.92 Å². The van der Waals surface area contributed by atoms with E-state index in [1.807, 2.05) is 6.92 Å². The summed E-state index contributed by atoms with van der Waals surface area (Å²) < 4.78 is 58.0. The van der Waals surface area contributed by atoms with Crippen LogP contribution in [-0.4, -0.2) is 13.4 Å². The summed E-state index contributed by atoms with van der Waals surface area (Å²) in [5.41, 5.74) is 4.29. The number of benzene rings is 1. The fourth-order valence-corrected chi connectivity index (χ4v) is 2.65. The van der Waals surface area contributed by atoms with E-state index in [2.05, 4.69) is 9.71 Å². The second-order valence-corrected chi connectivity index (χ2v) is 5.91. The van der Waals surface area contributed by atoms with Crippen molar-refractivity contribution in [3.8, 4) is 0 Å². The van der Waals surface area contributed by atoms with Crippen LogP contribution >= 0.6 is 0 Å². The minimum Gasteiger partial charge on any atom is -0.444 e. The highest BCUT2D eigenvalue weighted by molar-refractivity contribution is 7.89. The zero-order chi connectivity index (χ0) is 15.6. The summed E-state index contributed by atoms with van der Waals surface area (Å²) in [6.45, 7) is 1.60. The molecule has 1 aromatic carbocycles. The summed E-state index contributed by atoms with van der Waals surface area (Å²) >= 11 is 0. The first-order valence-electron chi connectivity index (χ1n) is 6.02. The van der Waals surface area contributed by atoms with Crippen molar-refractivity contribution in [1.29, 1.82) is 0 Å². The summed E-state index contributed by atoms with van der Waals surface area (Å²) in [5, 5.41) is 0. The largest absolute Gasteiger partial charge is 0.444 e. The maximum Gasteiger partial charge on any atom is 0.244 e. The molecule has 0 saturated heterocycles. The van der Waals surface area contributed by atoms with Crippen LogP contribution in [0.2, 0.25) is 0 Å². The number of hydrogen-bond acceptors (Lipinski definition) is 5.